The van der Waals surface area contributed by atoms with Crippen LogP contribution in [-0.4, -0.2) is 17.9 Å². The van der Waals surface area contributed by atoms with Crippen LogP contribution in [0.4, 0.5) is 0 Å². The van der Waals surface area contributed by atoms with Crippen LogP contribution in [0, 0.1) is 13.8 Å². The van der Waals surface area contributed by atoms with Gasteiger partial charge in [0.05, 0.1) is 6.54 Å². The van der Waals surface area contributed by atoms with Crippen molar-refractivity contribution in [3.63, 3.8) is 0 Å². The molecule has 1 amide bonds. The van der Waals surface area contributed by atoms with E-state index in [2.05, 4.69) is 0 Å². The van der Waals surface area contributed by atoms with E-state index in [1.54, 1.807) is 24.1 Å². The van der Waals surface area contributed by atoms with Gasteiger partial charge in [0.15, 0.2) is 5.76 Å². The topological polar surface area (TPSA) is 46.6 Å². The summed E-state index contributed by atoms with van der Waals surface area (Å²) in [5, 5.41) is 1.48. The molecule has 1 aromatic carbocycles. The van der Waals surface area contributed by atoms with Crippen LogP contribution >= 0.6 is 11.6 Å². The van der Waals surface area contributed by atoms with Crippen molar-refractivity contribution >= 4 is 28.5 Å². The number of hydrogen-bond acceptors (Lipinski definition) is 3. The highest BCUT2D eigenvalue weighted by molar-refractivity contribution is 6.31. The summed E-state index contributed by atoms with van der Waals surface area (Å²) < 4.78 is 11.2. The highest BCUT2D eigenvalue weighted by Crippen LogP contribution is 2.28. The van der Waals surface area contributed by atoms with E-state index in [0.29, 0.717) is 22.9 Å². The van der Waals surface area contributed by atoms with Gasteiger partial charge in [0.1, 0.15) is 17.1 Å². The van der Waals surface area contributed by atoms with Crippen molar-refractivity contribution in [3.05, 3.63) is 58.2 Å². The summed E-state index contributed by atoms with van der Waals surface area (Å²) in [6.07, 6.45) is 0. The second kappa shape index (κ2) is 5.54. The Morgan fingerprint density at radius 2 is 1.95 bits per heavy atom. The molecule has 3 aromatic rings. The van der Waals surface area contributed by atoms with Gasteiger partial charge in [0.2, 0.25) is 0 Å². The monoisotopic (exact) mass is 317 g/mol. The zero-order valence-corrected chi connectivity index (χ0v) is 13.4. The number of hydrogen-bond donors (Lipinski definition) is 0. The molecule has 0 aliphatic heterocycles. The molecule has 0 fully saturated rings. The Kier molecular flexibility index (Phi) is 3.71. The van der Waals surface area contributed by atoms with Gasteiger partial charge in [-0.15, -0.1) is 0 Å². The third-order valence-electron chi connectivity index (χ3n) is 3.63. The lowest BCUT2D eigenvalue weighted by Gasteiger charge is -2.14. The van der Waals surface area contributed by atoms with Gasteiger partial charge >= 0.3 is 0 Å². The van der Waals surface area contributed by atoms with Crippen molar-refractivity contribution < 1.29 is 13.6 Å². The van der Waals surface area contributed by atoms with E-state index in [0.717, 1.165) is 22.5 Å². The second-order valence-corrected chi connectivity index (χ2v) is 5.81. The number of fused-ring (bicyclic) bond motifs is 1. The maximum absolute atomic E-state index is 12.6. The Morgan fingerprint density at radius 3 is 2.64 bits per heavy atom. The minimum atomic E-state index is -0.182. The molecule has 0 N–H and O–H groups in total. The van der Waals surface area contributed by atoms with Crippen molar-refractivity contribution in [2.45, 2.75) is 20.4 Å². The first-order valence-corrected chi connectivity index (χ1v) is 7.33. The number of benzene rings is 1. The number of furan rings is 2. The number of carbonyl (C=O) groups is 1. The summed E-state index contributed by atoms with van der Waals surface area (Å²) in [4.78, 5) is 14.2. The van der Waals surface area contributed by atoms with Gasteiger partial charge in [0.25, 0.3) is 5.91 Å². The van der Waals surface area contributed by atoms with Crippen LogP contribution in [0.5, 0.6) is 0 Å². The summed E-state index contributed by atoms with van der Waals surface area (Å²) in [6, 6.07) is 9.07. The lowest BCUT2D eigenvalue weighted by atomic mass is 10.1. The molecule has 114 valence electrons. The van der Waals surface area contributed by atoms with Gasteiger partial charge in [-0.2, -0.15) is 0 Å². The summed E-state index contributed by atoms with van der Waals surface area (Å²) >= 11 is 6.00. The maximum atomic E-state index is 12.6. The molecule has 2 heterocycles. The van der Waals surface area contributed by atoms with Crippen LogP contribution in [0.25, 0.3) is 11.0 Å². The Bertz CT molecular complexity index is 847. The largest absolute Gasteiger partial charge is 0.464 e. The fourth-order valence-corrected chi connectivity index (χ4v) is 2.62. The van der Waals surface area contributed by atoms with Crippen molar-refractivity contribution in [1.82, 2.24) is 4.90 Å². The molecular formula is C17H16ClNO3. The Balaban J connectivity index is 1.89. The highest BCUT2D eigenvalue weighted by atomic mass is 35.5. The number of nitrogens with zero attached hydrogens (tertiary/aromatic N) is 1. The predicted molar refractivity (Wildman–Crippen MR) is 85.2 cm³/mol. The lowest BCUT2D eigenvalue weighted by Crippen LogP contribution is -2.26. The standard InChI is InChI=1S/C17H16ClNO3/c1-10-4-6-13(21-10)9-19(3)17(20)16-11(2)14-8-12(18)5-7-15(14)22-16/h4-8H,9H2,1-3H3. The SMILES string of the molecule is Cc1ccc(CN(C)C(=O)c2oc3ccc(Cl)cc3c2C)o1. The average molecular weight is 318 g/mol. The van der Waals surface area contributed by atoms with E-state index >= 15 is 0 Å². The van der Waals surface area contributed by atoms with Crippen molar-refractivity contribution in [2.75, 3.05) is 7.05 Å². The highest BCUT2D eigenvalue weighted by Gasteiger charge is 2.21. The van der Waals surface area contributed by atoms with E-state index in [9.17, 15) is 4.79 Å². The zero-order valence-electron chi connectivity index (χ0n) is 12.6. The molecule has 4 nitrogen and oxygen atoms in total. The molecule has 0 saturated carbocycles. The van der Waals surface area contributed by atoms with E-state index in [1.165, 1.54) is 0 Å². The van der Waals surface area contributed by atoms with Crippen LogP contribution in [0.1, 0.15) is 27.6 Å². The molecule has 0 bridgehead atoms. The maximum Gasteiger partial charge on any atom is 0.290 e. The molecule has 0 radical (unpaired) electrons. The van der Waals surface area contributed by atoms with Gasteiger partial charge in [-0.1, -0.05) is 11.6 Å². The van der Waals surface area contributed by atoms with E-state index < -0.39 is 0 Å². The molecule has 0 spiro atoms. The van der Waals surface area contributed by atoms with Gasteiger partial charge < -0.3 is 13.7 Å². The number of halogens is 1. The molecule has 3 rings (SSSR count). The van der Waals surface area contributed by atoms with Gasteiger partial charge in [-0.3, -0.25) is 4.79 Å². The van der Waals surface area contributed by atoms with Crippen molar-refractivity contribution in [2.24, 2.45) is 0 Å². The third-order valence-corrected chi connectivity index (χ3v) is 3.86. The first-order chi connectivity index (χ1) is 10.5. The molecule has 0 aliphatic rings. The Labute approximate surface area is 133 Å². The Morgan fingerprint density at radius 1 is 1.18 bits per heavy atom. The fraction of sp³-hybridized carbons (Fsp3) is 0.235. The molecule has 22 heavy (non-hydrogen) atoms. The molecule has 0 atom stereocenters. The summed E-state index contributed by atoms with van der Waals surface area (Å²) in [6.45, 7) is 4.13. The van der Waals surface area contributed by atoms with E-state index in [-0.39, 0.29) is 5.91 Å². The Hall–Kier alpha value is -2.20. The van der Waals surface area contributed by atoms with Crippen LogP contribution in [0.15, 0.2) is 39.2 Å². The number of aryl methyl sites for hydroxylation is 2. The van der Waals surface area contributed by atoms with Gasteiger partial charge in [0, 0.05) is 23.0 Å². The van der Waals surface area contributed by atoms with E-state index in [4.69, 9.17) is 20.4 Å². The van der Waals surface area contributed by atoms with Crippen LogP contribution in [-0.2, 0) is 6.54 Å². The molecular weight excluding hydrogens is 302 g/mol. The minimum absolute atomic E-state index is 0.182. The molecule has 0 aliphatic carbocycles. The lowest BCUT2D eigenvalue weighted by molar-refractivity contribution is 0.0744. The number of amides is 1. The fourth-order valence-electron chi connectivity index (χ4n) is 2.45. The van der Waals surface area contributed by atoms with Crippen molar-refractivity contribution in [3.8, 4) is 0 Å². The van der Waals surface area contributed by atoms with Crippen LogP contribution < -0.4 is 0 Å². The summed E-state index contributed by atoms with van der Waals surface area (Å²) in [5.74, 6) is 1.72. The molecule has 5 heteroatoms. The summed E-state index contributed by atoms with van der Waals surface area (Å²) in [7, 11) is 1.72. The predicted octanol–water partition coefficient (Wildman–Crippen LogP) is 4.57. The third kappa shape index (κ3) is 2.62. The first kappa shape index (κ1) is 14.7. The molecule has 0 saturated heterocycles. The summed E-state index contributed by atoms with van der Waals surface area (Å²) in [5.41, 5.74) is 1.46. The molecule has 2 aromatic heterocycles. The van der Waals surface area contributed by atoms with Crippen molar-refractivity contribution in [1.29, 1.82) is 0 Å². The smallest absolute Gasteiger partial charge is 0.290 e. The van der Waals surface area contributed by atoms with Crippen LogP contribution in [0.3, 0.4) is 0 Å². The average Bonchev–Trinajstić information content (AvgIpc) is 3.02. The van der Waals surface area contributed by atoms with Gasteiger partial charge in [-0.05, 0) is 44.2 Å². The number of carbonyl (C=O) groups excluding carboxylic acids is 1. The second-order valence-electron chi connectivity index (χ2n) is 5.37. The van der Waals surface area contributed by atoms with Gasteiger partial charge in [-0.25, -0.2) is 0 Å². The number of rotatable bonds is 3. The normalized spacial score (nSPS) is 11.1. The van der Waals surface area contributed by atoms with Crippen LogP contribution in [0.2, 0.25) is 5.02 Å². The quantitative estimate of drug-likeness (QED) is 0.711. The first-order valence-electron chi connectivity index (χ1n) is 6.95. The van der Waals surface area contributed by atoms with E-state index in [1.807, 2.05) is 32.0 Å². The zero-order chi connectivity index (χ0) is 15.9. The molecule has 0 unspecified atom stereocenters. The minimum Gasteiger partial charge on any atom is -0.464 e.